The first-order valence-electron chi connectivity index (χ1n) is 9.43. The van der Waals surface area contributed by atoms with Gasteiger partial charge in [-0.05, 0) is 59.7 Å². The van der Waals surface area contributed by atoms with Crippen molar-refractivity contribution in [2.24, 2.45) is 0 Å². The Kier molecular flexibility index (Phi) is 7.55. The summed E-state index contributed by atoms with van der Waals surface area (Å²) < 4.78 is 25.0. The highest BCUT2D eigenvalue weighted by Gasteiger charge is 2.34. The van der Waals surface area contributed by atoms with Gasteiger partial charge in [0.15, 0.2) is 11.5 Å². The molecule has 0 bridgehead atoms. The quantitative estimate of drug-likeness (QED) is 0.421. The molecule has 0 saturated carbocycles. The van der Waals surface area contributed by atoms with Gasteiger partial charge in [0.1, 0.15) is 12.4 Å². The molecular formula is C22H21BrFNO4S. The number of halogens is 2. The Morgan fingerprint density at radius 2 is 1.90 bits per heavy atom. The Bertz CT molecular complexity index is 978. The van der Waals surface area contributed by atoms with E-state index in [2.05, 4.69) is 15.9 Å². The molecule has 0 spiro atoms. The molecule has 30 heavy (non-hydrogen) atoms. The van der Waals surface area contributed by atoms with Crippen LogP contribution < -0.4 is 9.47 Å². The van der Waals surface area contributed by atoms with Crippen LogP contribution in [-0.4, -0.2) is 29.7 Å². The van der Waals surface area contributed by atoms with E-state index in [1.807, 2.05) is 6.92 Å². The molecule has 2 aromatic carbocycles. The van der Waals surface area contributed by atoms with E-state index < -0.39 is 0 Å². The summed E-state index contributed by atoms with van der Waals surface area (Å²) in [5, 5.41) is -0.248. The lowest BCUT2D eigenvalue weighted by Crippen LogP contribution is -2.29. The molecule has 0 atom stereocenters. The first kappa shape index (κ1) is 22.4. The van der Waals surface area contributed by atoms with Crippen LogP contribution in [0.5, 0.6) is 11.5 Å². The highest BCUT2D eigenvalue weighted by Crippen LogP contribution is 2.38. The third kappa shape index (κ3) is 5.23. The van der Waals surface area contributed by atoms with Crippen LogP contribution in [0.3, 0.4) is 0 Å². The summed E-state index contributed by atoms with van der Waals surface area (Å²) >= 11 is 4.43. The van der Waals surface area contributed by atoms with Crippen LogP contribution >= 0.6 is 27.7 Å². The second kappa shape index (κ2) is 10.1. The molecular weight excluding hydrogens is 473 g/mol. The van der Waals surface area contributed by atoms with Gasteiger partial charge in [0, 0.05) is 11.0 Å². The number of imide groups is 1. The van der Waals surface area contributed by atoms with Gasteiger partial charge in [0.2, 0.25) is 0 Å². The summed E-state index contributed by atoms with van der Waals surface area (Å²) in [6.07, 6.45) is 3.36. The Morgan fingerprint density at radius 3 is 2.57 bits per heavy atom. The van der Waals surface area contributed by atoms with E-state index in [1.165, 1.54) is 24.1 Å². The predicted octanol–water partition coefficient (Wildman–Crippen LogP) is 6.01. The summed E-state index contributed by atoms with van der Waals surface area (Å²) in [5.41, 5.74) is 1.52. The van der Waals surface area contributed by atoms with Gasteiger partial charge in [-0.25, -0.2) is 4.39 Å². The van der Waals surface area contributed by atoms with Crippen LogP contribution in [-0.2, 0) is 11.4 Å². The Morgan fingerprint density at radius 1 is 1.17 bits per heavy atom. The van der Waals surface area contributed by atoms with Gasteiger partial charge in [0.05, 0.1) is 12.0 Å². The number of nitrogens with zero attached hydrogens (tertiary/aromatic N) is 1. The molecule has 1 heterocycles. The maximum atomic E-state index is 13.0. The number of rotatable bonds is 8. The standard InChI is InChI=1S/C22H21BrFNO4S/c1-3-4-9-25-21(26)20(30-22(25)27)11-15-10-18(28-2)19(12-17(15)23)29-13-14-5-7-16(24)8-6-14/h5-8,10-12H,3-4,9,13H2,1-2H3/b20-11-. The molecule has 1 saturated heterocycles. The van der Waals surface area contributed by atoms with E-state index >= 15 is 0 Å². The molecule has 5 nitrogen and oxygen atoms in total. The molecule has 0 radical (unpaired) electrons. The van der Waals surface area contributed by atoms with Gasteiger partial charge in [-0.1, -0.05) is 41.4 Å². The molecule has 2 aromatic rings. The van der Waals surface area contributed by atoms with Gasteiger partial charge in [-0.2, -0.15) is 0 Å². The fourth-order valence-corrected chi connectivity index (χ4v) is 4.12. The molecule has 1 aliphatic heterocycles. The number of carbonyl (C=O) groups excluding carboxylic acids is 2. The lowest BCUT2D eigenvalue weighted by molar-refractivity contribution is -0.122. The van der Waals surface area contributed by atoms with Crippen molar-refractivity contribution in [1.82, 2.24) is 4.90 Å². The maximum Gasteiger partial charge on any atom is 0.293 e. The van der Waals surface area contributed by atoms with E-state index in [-0.39, 0.29) is 23.6 Å². The largest absolute Gasteiger partial charge is 0.493 e. The molecule has 3 rings (SSSR count). The monoisotopic (exact) mass is 493 g/mol. The normalized spacial score (nSPS) is 15.2. The number of ether oxygens (including phenoxy) is 2. The Labute approximate surface area is 187 Å². The Hall–Kier alpha value is -2.32. The van der Waals surface area contributed by atoms with Crippen molar-refractivity contribution in [3.63, 3.8) is 0 Å². The second-order valence-corrected chi connectivity index (χ2v) is 8.47. The molecule has 158 valence electrons. The first-order valence-corrected chi connectivity index (χ1v) is 11.0. The number of carbonyl (C=O) groups is 2. The number of unbranched alkanes of at least 4 members (excludes halogenated alkanes) is 1. The van der Waals surface area contributed by atoms with Gasteiger partial charge < -0.3 is 9.47 Å². The predicted molar refractivity (Wildman–Crippen MR) is 119 cm³/mol. The average Bonchev–Trinajstić information content (AvgIpc) is 3.00. The molecule has 1 fully saturated rings. The zero-order chi connectivity index (χ0) is 21.7. The van der Waals surface area contributed by atoms with Crippen LogP contribution in [0.15, 0.2) is 45.8 Å². The van der Waals surface area contributed by atoms with E-state index in [4.69, 9.17) is 9.47 Å². The molecule has 0 N–H and O–H groups in total. The van der Waals surface area contributed by atoms with Crippen LogP contribution in [0, 0.1) is 5.82 Å². The number of thioether (sulfide) groups is 1. The maximum absolute atomic E-state index is 13.0. The number of methoxy groups -OCH3 is 1. The minimum atomic E-state index is -0.303. The number of hydrogen-bond donors (Lipinski definition) is 0. The van der Waals surface area contributed by atoms with Gasteiger partial charge in [-0.15, -0.1) is 0 Å². The SMILES string of the molecule is CCCCN1C(=O)S/C(=C\c2cc(OC)c(OCc3ccc(F)cc3)cc2Br)C1=O. The number of amides is 2. The molecule has 0 unspecified atom stereocenters. The second-order valence-electron chi connectivity index (χ2n) is 6.63. The van der Waals surface area contributed by atoms with Crippen molar-refractivity contribution in [3.05, 3.63) is 62.7 Å². The van der Waals surface area contributed by atoms with Crippen LogP contribution in [0.2, 0.25) is 0 Å². The molecule has 0 aromatic heterocycles. The highest BCUT2D eigenvalue weighted by atomic mass is 79.9. The van der Waals surface area contributed by atoms with Crippen molar-refractivity contribution in [1.29, 1.82) is 0 Å². The van der Waals surface area contributed by atoms with Crippen LogP contribution in [0.1, 0.15) is 30.9 Å². The molecule has 1 aliphatic rings. The molecule has 2 amide bonds. The summed E-state index contributed by atoms with van der Waals surface area (Å²) in [7, 11) is 1.52. The zero-order valence-electron chi connectivity index (χ0n) is 16.6. The summed E-state index contributed by atoms with van der Waals surface area (Å²) in [4.78, 5) is 26.4. The zero-order valence-corrected chi connectivity index (χ0v) is 19.0. The average molecular weight is 494 g/mol. The number of benzene rings is 2. The van der Waals surface area contributed by atoms with E-state index in [1.54, 1.807) is 30.3 Å². The lowest BCUT2D eigenvalue weighted by Gasteiger charge is -2.13. The third-order valence-corrected chi connectivity index (χ3v) is 6.08. The van der Waals surface area contributed by atoms with Gasteiger partial charge in [0.25, 0.3) is 11.1 Å². The number of hydrogen-bond acceptors (Lipinski definition) is 5. The topological polar surface area (TPSA) is 55.8 Å². The van der Waals surface area contributed by atoms with Crippen molar-refractivity contribution >= 4 is 44.9 Å². The van der Waals surface area contributed by atoms with E-state index in [0.29, 0.717) is 33.0 Å². The van der Waals surface area contributed by atoms with Crippen LogP contribution in [0.25, 0.3) is 6.08 Å². The third-order valence-electron chi connectivity index (χ3n) is 4.49. The summed E-state index contributed by atoms with van der Waals surface area (Å²) in [6.45, 7) is 2.69. The fraction of sp³-hybridized carbons (Fsp3) is 0.273. The molecule has 0 aliphatic carbocycles. The minimum Gasteiger partial charge on any atom is -0.493 e. The van der Waals surface area contributed by atoms with Crippen molar-refractivity contribution in [3.8, 4) is 11.5 Å². The lowest BCUT2D eigenvalue weighted by atomic mass is 10.1. The van der Waals surface area contributed by atoms with E-state index in [9.17, 15) is 14.0 Å². The van der Waals surface area contributed by atoms with Crippen LogP contribution in [0.4, 0.5) is 9.18 Å². The van der Waals surface area contributed by atoms with E-state index in [0.717, 1.165) is 30.2 Å². The van der Waals surface area contributed by atoms with Gasteiger partial charge in [-0.3, -0.25) is 14.5 Å². The van der Waals surface area contributed by atoms with Crippen molar-refractivity contribution in [2.75, 3.05) is 13.7 Å². The fourth-order valence-electron chi connectivity index (χ4n) is 2.83. The van der Waals surface area contributed by atoms with Crippen molar-refractivity contribution in [2.45, 2.75) is 26.4 Å². The molecule has 8 heteroatoms. The minimum absolute atomic E-state index is 0.248. The first-order chi connectivity index (χ1) is 14.4. The highest BCUT2D eigenvalue weighted by molar-refractivity contribution is 9.10. The summed E-state index contributed by atoms with van der Waals surface area (Å²) in [5.74, 6) is 0.405. The summed E-state index contributed by atoms with van der Waals surface area (Å²) in [6, 6.07) is 9.55. The smallest absolute Gasteiger partial charge is 0.293 e. The van der Waals surface area contributed by atoms with Crippen molar-refractivity contribution < 1.29 is 23.5 Å². The Balaban J connectivity index is 1.80. The van der Waals surface area contributed by atoms with Gasteiger partial charge >= 0.3 is 0 Å².